The molecule has 0 radical (unpaired) electrons. The Morgan fingerprint density at radius 1 is 1.43 bits per heavy atom. The van der Waals surface area contributed by atoms with E-state index in [1.807, 2.05) is 12.3 Å². The number of carbonyl (C=O) groups is 1. The third-order valence-electron chi connectivity index (χ3n) is 4.60. The van der Waals surface area contributed by atoms with E-state index >= 15 is 0 Å². The number of ether oxygens (including phenoxy) is 1. The number of carbonyl (C=O) groups excluding carboxylic acids is 1. The van der Waals surface area contributed by atoms with Gasteiger partial charge in [-0.15, -0.1) is 0 Å². The molecule has 2 N–H and O–H groups in total. The normalized spacial score (nSPS) is 17.2. The Morgan fingerprint density at radius 3 is 2.90 bits per heavy atom. The Labute approximate surface area is 124 Å². The summed E-state index contributed by atoms with van der Waals surface area (Å²) in [6, 6.07) is 5.20. The molecular weight excluding hydrogens is 266 g/mol. The third kappa shape index (κ3) is 2.75. The Bertz CT molecular complexity index is 641. The Kier molecular flexibility index (Phi) is 3.86. The summed E-state index contributed by atoms with van der Waals surface area (Å²) in [5, 5.41) is 10.5. The highest BCUT2D eigenvalue weighted by Crippen LogP contribution is 2.37. The molecule has 4 nitrogen and oxygen atoms in total. The minimum atomic E-state index is -0.226. The van der Waals surface area contributed by atoms with Crippen molar-refractivity contribution in [3.8, 4) is 5.75 Å². The number of phenols is 1. The molecule has 1 unspecified atom stereocenters. The lowest BCUT2D eigenvalue weighted by Crippen LogP contribution is -2.17. The summed E-state index contributed by atoms with van der Waals surface area (Å²) in [6.07, 6.45) is 7.66. The number of H-pyrrole nitrogens is 1. The average Bonchev–Trinajstić information content (AvgIpc) is 3.12. The second kappa shape index (κ2) is 5.80. The maximum Gasteiger partial charge on any atom is 0.313 e. The monoisotopic (exact) mass is 287 g/mol. The summed E-state index contributed by atoms with van der Waals surface area (Å²) in [6.45, 7) is 0. The van der Waals surface area contributed by atoms with Gasteiger partial charge in [-0.25, -0.2) is 0 Å². The predicted molar refractivity (Wildman–Crippen MR) is 81.3 cm³/mol. The van der Waals surface area contributed by atoms with Gasteiger partial charge in [0.05, 0.1) is 13.0 Å². The van der Waals surface area contributed by atoms with Crippen LogP contribution in [-0.4, -0.2) is 23.2 Å². The first-order valence-electron chi connectivity index (χ1n) is 7.57. The number of methoxy groups -OCH3 is 1. The van der Waals surface area contributed by atoms with Gasteiger partial charge in [0, 0.05) is 23.2 Å². The molecule has 1 saturated carbocycles. The van der Waals surface area contributed by atoms with Crippen molar-refractivity contribution >= 4 is 16.9 Å². The van der Waals surface area contributed by atoms with Crippen LogP contribution in [0.3, 0.4) is 0 Å². The lowest BCUT2D eigenvalue weighted by atomic mass is 9.87. The molecule has 0 aliphatic heterocycles. The number of nitrogens with one attached hydrogen (secondary N) is 1. The molecule has 21 heavy (non-hydrogen) atoms. The van der Waals surface area contributed by atoms with Crippen molar-refractivity contribution in [1.29, 1.82) is 0 Å². The molecule has 0 amide bonds. The summed E-state index contributed by atoms with van der Waals surface area (Å²) in [5.41, 5.74) is 1.83. The van der Waals surface area contributed by atoms with E-state index in [1.54, 1.807) is 12.1 Å². The molecule has 0 spiro atoms. The van der Waals surface area contributed by atoms with Crippen LogP contribution in [0, 0.1) is 5.92 Å². The third-order valence-corrected chi connectivity index (χ3v) is 4.60. The molecule has 4 heteroatoms. The van der Waals surface area contributed by atoms with Crippen LogP contribution >= 0.6 is 0 Å². The Morgan fingerprint density at radius 2 is 2.19 bits per heavy atom. The van der Waals surface area contributed by atoms with Crippen LogP contribution in [0.25, 0.3) is 10.9 Å². The summed E-state index contributed by atoms with van der Waals surface area (Å²) in [7, 11) is 1.45. The van der Waals surface area contributed by atoms with Crippen LogP contribution in [-0.2, 0) is 9.53 Å². The topological polar surface area (TPSA) is 62.3 Å². The van der Waals surface area contributed by atoms with Crippen molar-refractivity contribution < 1.29 is 14.6 Å². The van der Waals surface area contributed by atoms with Crippen molar-refractivity contribution in [2.75, 3.05) is 7.11 Å². The predicted octanol–water partition coefficient (Wildman–Crippen LogP) is 3.71. The number of rotatable bonds is 4. The molecule has 1 aliphatic rings. The van der Waals surface area contributed by atoms with Crippen molar-refractivity contribution in [3.05, 3.63) is 30.0 Å². The molecule has 1 atom stereocenters. The molecule has 0 saturated heterocycles. The van der Waals surface area contributed by atoms with E-state index in [0.717, 1.165) is 22.9 Å². The van der Waals surface area contributed by atoms with E-state index in [4.69, 9.17) is 4.74 Å². The van der Waals surface area contributed by atoms with Crippen LogP contribution in [0.1, 0.15) is 43.6 Å². The van der Waals surface area contributed by atoms with Gasteiger partial charge >= 0.3 is 5.97 Å². The first kappa shape index (κ1) is 14.0. The van der Waals surface area contributed by atoms with Gasteiger partial charge < -0.3 is 14.8 Å². The number of phenolic OH excluding ortho intramolecular Hbond substituents is 1. The van der Waals surface area contributed by atoms with Gasteiger partial charge in [0.15, 0.2) is 0 Å². The van der Waals surface area contributed by atoms with Gasteiger partial charge in [-0.05, 0) is 30.0 Å². The maximum atomic E-state index is 12.2. The number of hydrogen-bond acceptors (Lipinski definition) is 3. The van der Waals surface area contributed by atoms with Gasteiger partial charge in [-0.3, -0.25) is 4.79 Å². The van der Waals surface area contributed by atoms with Gasteiger partial charge in [0.2, 0.25) is 0 Å². The summed E-state index contributed by atoms with van der Waals surface area (Å²) in [4.78, 5) is 15.4. The SMILES string of the molecule is COC(=O)C(CC1CCCC1)c1c[nH]c2cc(O)ccc12. The largest absolute Gasteiger partial charge is 0.508 e. The van der Waals surface area contributed by atoms with Crippen molar-refractivity contribution in [3.63, 3.8) is 0 Å². The van der Waals surface area contributed by atoms with Crippen molar-refractivity contribution in [2.45, 2.75) is 38.0 Å². The second-order valence-corrected chi connectivity index (χ2v) is 5.94. The van der Waals surface area contributed by atoms with E-state index < -0.39 is 0 Å². The molecule has 2 aromatic rings. The van der Waals surface area contributed by atoms with Crippen LogP contribution < -0.4 is 0 Å². The maximum absolute atomic E-state index is 12.2. The minimum Gasteiger partial charge on any atom is -0.508 e. The van der Waals surface area contributed by atoms with Crippen LogP contribution in [0.4, 0.5) is 0 Å². The first-order valence-corrected chi connectivity index (χ1v) is 7.57. The molecule has 1 fully saturated rings. The standard InChI is InChI=1S/C17H21NO3/c1-21-17(20)14(8-11-4-2-3-5-11)15-10-18-16-9-12(19)6-7-13(15)16/h6-7,9-11,14,18-19H,2-5,8H2,1H3. The van der Waals surface area contributed by atoms with Gasteiger partial charge in [-0.2, -0.15) is 0 Å². The molecule has 1 aromatic heterocycles. The lowest BCUT2D eigenvalue weighted by Gasteiger charge is -2.18. The fourth-order valence-corrected chi connectivity index (χ4v) is 3.50. The Hall–Kier alpha value is -1.97. The fraction of sp³-hybridized carbons (Fsp3) is 0.471. The van der Waals surface area contributed by atoms with E-state index in [-0.39, 0.29) is 17.6 Å². The van der Waals surface area contributed by atoms with Crippen molar-refractivity contribution in [1.82, 2.24) is 4.98 Å². The van der Waals surface area contributed by atoms with Crippen LogP contribution in [0.5, 0.6) is 5.75 Å². The highest BCUT2D eigenvalue weighted by Gasteiger charge is 2.29. The summed E-state index contributed by atoms with van der Waals surface area (Å²) >= 11 is 0. The minimum absolute atomic E-state index is 0.170. The molecule has 1 aromatic carbocycles. The molecule has 1 aliphatic carbocycles. The van der Waals surface area contributed by atoms with Crippen molar-refractivity contribution in [2.24, 2.45) is 5.92 Å². The number of aromatic amines is 1. The molecule has 0 bridgehead atoms. The molecular formula is C17H21NO3. The second-order valence-electron chi connectivity index (χ2n) is 5.94. The van der Waals surface area contributed by atoms with E-state index in [2.05, 4.69) is 4.98 Å². The van der Waals surface area contributed by atoms with Gasteiger partial charge in [-0.1, -0.05) is 25.7 Å². The van der Waals surface area contributed by atoms with Crippen LogP contribution in [0.2, 0.25) is 0 Å². The van der Waals surface area contributed by atoms with Gasteiger partial charge in [0.25, 0.3) is 0 Å². The zero-order chi connectivity index (χ0) is 14.8. The zero-order valence-corrected chi connectivity index (χ0v) is 12.3. The van der Waals surface area contributed by atoms with E-state index in [1.165, 1.54) is 32.8 Å². The first-order chi connectivity index (χ1) is 10.2. The fourth-order valence-electron chi connectivity index (χ4n) is 3.50. The number of aromatic hydroxyl groups is 1. The zero-order valence-electron chi connectivity index (χ0n) is 12.3. The highest BCUT2D eigenvalue weighted by molar-refractivity contribution is 5.90. The number of benzene rings is 1. The molecule has 3 rings (SSSR count). The number of esters is 1. The summed E-state index contributed by atoms with van der Waals surface area (Å²) < 4.78 is 5.02. The van der Waals surface area contributed by atoms with E-state index in [0.29, 0.717) is 5.92 Å². The quantitative estimate of drug-likeness (QED) is 0.843. The van der Waals surface area contributed by atoms with Gasteiger partial charge in [0.1, 0.15) is 5.75 Å². The number of aromatic nitrogens is 1. The molecule has 112 valence electrons. The van der Waals surface area contributed by atoms with E-state index in [9.17, 15) is 9.90 Å². The molecule has 1 heterocycles. The lowest BCUT2D eigenvalue weighted by molar-refractivity contribution is -0.142. The Balaban J connectivity index is 1.95. The van der Waals surface area contributed by atoms with Crippen LogP contribution in [0.15, 0.2) is 24.4 Å². The summed E-state index contributed by atoms with van der Waals surface area (Å²) in [5.74, 6) is 0.435. The number of hydrogen-bond donors (Lipinski definition) is 2. The average molecular weight is 287 g/mol. The highest BCUT2D eigenvalue weighted by atomic mass is 16.5. The number of fused-ring (bicyclic) bond motifs is 1. The smallest absolute Gasteiger partial charge is 0.313 e.